The number of carbonyl (C=O) groups is 3. The zero-order valence-electron chi connectivity index (χ0n) is 17.0. The van der Waals surface area contributed by atoms with Crippen LogP contribution in [-0.4, -0.2) is 40.7 Å². The number of nitrogens with zero attached hydrogens (tertiary/aromatic N) is 2. The van der Waals surface area contributed by atoms with Crippen LogP contribution in [0.5, 0.6) is 5.75 Å². The maximum absolute atomic E-state index is 12.4. The molecule has 1 aromatic carbocycles. The number of hydrogen-bond donors (Lipinski definition) is 1. The van der Waals surface area contributed by atoms with Crippen LogP contribution in [0.1, 0.15) is 41.2 Å². The highest BCUT2D eigenvalue weighted by Crippen LogP contribution is 2.22. The molecule has 0 radical (unpaired) electrons. The van der Waals surface area contributed by atoms with Gasteiger partial charge in [0, 0.05) is 18.2 Å². The number of amides is 1. The zero-order chi connectivity index (χ0) is 21.0. The molecule has 1 amide bonds. The van der Waals surface area contributed by atoms with Gasteiger partial charge in [0.25, 0.3) is 5.91 Å². The van der Waals surface area contributed by atoms with Crippen LogP contribution in [0.4, 0.5) is 5.69 Å². The van der Waals surface area contributed by atoms with Gasteiger partial charge in [0.1, 0.15) is 5.75 Å². The average molecular weight is 387 g/mol. The summed E-state index contributed by atoms with van der Waals surface area (Å²) in [5.41, 5.74) is 3.07. The van der Waals surface area contributed by atoms with Crippen LogP contribution in [0.3, 0.4) is 0 Å². The normalized spacial score (nSPS) is 11.6. The second kappa shape index (κ2) is 8.69. The number of rotatable bonds is 7. The van der Waals surface area contributed by atoms with Crippen LogP contribution < -0.4 is 10.1 Å². The van der Waals surface area contributed by atoms with Gasteiger partial charge in [0.05, 0.1) is 30.6 Å². The van der Waals surface area contributed by atoms with Gasteiger partial charge in [0.2, 0.25) is 0 Å². The number of nitrogens with one attached hydrogen (secondary N) is 1. The van der Waals surface area contributed by atoms with Crippen molar-refractivity contribution in [3.63, 3.8) is 0 Å². The predicted molar refractivity (Wildman–Crippen MR) is 104 cm³/mol. The predicted octanol–water partition coefficient (Wildman–Crippen LogP) is 2.36. The van der Waals surface area contributed by atoms with Crippen LogP contribution in [0.25, 0.3) is 0 Å². The van der Waals surface area contributed by atoms with E-state index in [4.69, 9.17) is 9.47 Å². The lowest BCUT2D eigenvalue weighted by Gasteiger charge is -2.15. The van der Waals surface area contributed by atoms with Crippen molar-refractivity contribution in [1.82, 2.24) is 9.78 Å². The molecular formula is C20H25N3O5. The highest BCUT2D eigenvalue weighted by molar-refractivity contribution is 5.96. The standard InChI is InChI=1S/C20H25N3O5/c1-11-19(12(2)23(5)22-11)21-20(26)14(4)28-18(25)10-16-9-15(13(3)24)7-8-17(16)27-6/h7-9,14H,10H2,1-6H3,(H,21,26)/t14-/m1/s1. The Morgan fingerprint density at radius 2 is 1.93 bits per heavy atom. The van der Waals surface area contributed by atoms with Crippen molar-refractivity contribution in [2.24, 2.45) is 7.05 Å². The Labute approximate surface area is 163 Å². The Bertz CT molecular complexity index is 917. The molecule has 0 saturated carbocycles. The molecule has 8 nitrogen and oxygen atoms in total. The fourth-order valence-electron chi connectivity index (χ4n) is 2.76. The van der Waals surface area contributed by atoms with E-state index in [1.807, 2.05) is 6.92 Å². The van der Waals surface area contributed by atoms with Crippen molar-refractivity contribution in [2.45, 2.75) is 40.2 Å². The SMILES string of the molecule is COc1ccc(C(C)=O)cc1CC(=O)O[C@H](C)C(=O)Nc1c(C)nn(C)c1C. The van der Waals surface area contributed by atoms with Gasteiger partial charge in [-0.2, -0.15) is 5.10 Å². The fraction of sp³-hybridized carbons (Fsp3) is 0.400. The molecule has 8 heteroatoms. The Morgan fingerprint density at radius 3 is 2.46 bits per heavy atom. The van der Waals surface area contributed by atoms with Gasteiger partial charge in [-0.05, 0) is 45.9 Å². The van der Waals surface area contributed by atoms with E-state index in [2.05, 4.69) is 10.4 Å². The first-order valence-corrected chi connectivity index (χ1v) is 8.82. The Kier molecular flexibility index (Phi) is 6.56. The van der Waals surface area contributed by atoms with E-state index in [1.54, 1.807) is 36.9 Å². The summed E-state index contributed by atoms with van der Waals surface area (Å²) in [4.78, 5) is 36.3. The number of ether oxygens (including phenoxy) is 2. The molecule has 0 unspecified atom stereocenters. The van der Waals surface area contributed by atoms with Gasteiger partial charge in [-0.1, -0.05) is 0 Å². The van der Waals surface area contributed by atoms with Gasteiger partial charge in [0.15, 0.2) is 11.9 Å². The van der Waals surface area contributed by atoms with E-state index in [9.17, 15) is 14.4 Å². The van der Waals surface area contributed by atoms with Gasteiger partial charge < -0.3 is 14.8 Å². The minimum atomic E-state index is -0.992. The number of hydrogen-bond acceptors (Lipinski definition) is 6. The molecule has 28 heavy (non-hydrogen) atoms. The highest BCUT2D eigenvalue weighted by Gasteiger charge is 2.22. The highest BCUT2D eigenvalue weighted by atomic mass is 16.5. The lowest BCUT2D eigenvalue weighted by atomic mass is 10.0. The number of anilines is 1. The maximum atomic E-state index is 12.4. The third-order valence-electron chi connectivity index (χ3n) is 4.46. The molecule has 0 saturated heterocycles. The summed E-state index contributed by atoms with van der Waals surface area (Å²) in [7, 11) is 3.26. The molecule has 0 bridgehead atoms. The van der Waals surface area contributed by atoms with Gasteiger partial charge >= 0.3 is 5.97 Å². The van der Waals surface area contributed by atoms with E-state index < -0.39 is 18.0 Å². The van der Waals surface area contributed by atoms with E-state index in [0.717, 1.165) is 5.69 Å². The number of carbonyl (C=O) groups excluding carboxylic acids is 3. The molecule has 1 N–H and O–H groups in total. The molecule has 1 aromatic heterocycles. The van der Waals surface area contributed by atoms with E-state index in [0.29, 0.717) is 28.3 Å². The van der Waals surface area contributed by atoms with Crippen molar-refractivity contribution in [3.8, 4) is 5.75 Å². The van der Waals surface area contributed by atoms with Crippen LogP contribution in [0.2, 0.25) is 0 Å². The second-order valence-electron chi connectivity index (χ2n) is 6.55. The molecule has 1 atom stereocenters. The molecule has 2 aromatic rings. The minimum Gasteiger partial charge on any atom is -0.496 e. The van der Waals surface area contributed by atoms with Crippen molar-refractivity contribution in [2.75, 3.05) is 12.4 Å². The van der Waals surface area contributed by atoms with Crippen molar-refractivity contribution >= 4 is 23.3 Å². The fourth-order valence-corrected chi connectivity index (χ4v) is 2.76. The van der Waals surface area contributed by atoms with Crippen LogP contribution in [-0.2, 0) is 27.8 Å². The number of Topliss-reactive ketones (excluding diaryl/α,β-unsaturated/α-hetero) is 1. The van der Waals surface area contributed by atoms with Crippen molar-refractivity contribution in [3.05, 3.63) is 40.7 Å². The zero-order valence-corrected chi connectivity index (χ0v) is 17.0. The van der Waals surface area contributed by atoms with Crippen molar-refractivity contribution < 1.29 is 23.9 Å². The number of aryl methyl sites for hydroxylation is 2. The first kappa shape index (κ1) is 21.1. The van der Waals surface area contributed by atoms with Gasteiger partial charge in [-0.25, -0.2) is 0 Å². The Balaban J connectivity index is 2.05. The first-order chi connectivity index (χ1) is 13.1. The molecule has 150 valence electrons. The number of methoxy groups -OCH3 is 1. The number of aromatic nitrogens is 2. The molecule has 0 aliphatic heterocycles. The molecule has 0 fully saturated rings. The molecule has 2 rings (SSSR count). The second-order valence-corrected chi connectivity index (χ2v) is 6.55. The summed E-state index contributed by atoms with van der Waals surface area (Å²) in [6, 6.07) is 4.85. The average Bonchev–Trinajstić information content (AvgIpc) is 2.87. The molecule has 1 heterocycles. The largest absolute Gasteiger partial charge is 0.496 e. The van der Waals surface area contributed by atoms with Crippen LogP contribution in [0.15, 0.2) is 18.2 Å². The maximum Gasteiger partial charge on any atom is 0.311 e. The number of benzene rings is 1. The van der Waals surface area contributed by atoms with E-state index in [1.165, 1.54) is 21.0 Å². The summed E-state index contributed by atoms with van der Waals surface area (Å²) in [5.74, 6) is -0.689. The number of esters is 1. The lowest BCUT2D eigenvalue weighted by molar-refractivity contribution is -0.152. The Morgan fingerprint density at radius 1 is 1.25 bits per heavy atom. The van der Waals surface area contributed by atoms with Gasteiger partial charge in [-0.3, -0.25) is 19.1 Å². The summed E-state index contributed by atoms with van der Waals surface area (Å²) >= 11 is 0. The molecule has 0 aliphatic rings. The Hall–Kier alpha value is -3.16. The third kappa shape index (κ3) is 4.76. The summed E-state index contributed by atoms with van der Waals surface area (Å²) in [5, 5.41) is 6.98. The smallest absolute Gasteiger partial charge is 0.311 e. The monoisotopic (exact) mass is 387 g/mol. The summed E-state index contributed by atoms with van der Waals surface area (Å²) in [6.07, 6.45) is -1.11. The van der Waals surface area contributed by atoms with E-state index in [-0.39, 0.29) is 12.2 Å². The van der Waals surface area contributed by atoms with Gasteiger partial charge in [-0.15, -0.1) is 0 Å². The van der Waals surface area contributed by atoms with E-state index >= 15 is 0 Å². The topological polar surface area (TPSA) is 99.5 Å². The van der Waals surface area contributed by atoms with Crippen molar-refractivity contribution in [1.29, 1.82) is 0 Å². The minimum absolute atomic E-state index is 0.118. The lowest BCUT2D eigenvalue weighted by Crippen LogP contribution is -2.30. The van der Waals surface area contributed by atoms with Crippen LogP contribution >= 0.6 is 0 Å². The number of ketones is 1. The molecule has 0 aliphatic carbocycles. The van der Waals surface area contributed by atoms with Crippen LogP contribution in [0, 0.1) is 13.8 Å². The quantitative estimate of drug-likeness (QED) is 0.578. The summed E-state index contributed by atoms with van der Waals surface area (Å²) in [6.45, 7) is 6.56. The summed E-state index contributed by atoms with van der Waals surface area (Å²) < 4.78 is 12.2. The third-order valence-corrected chi connectivity index (χ3v) is 4.46. The molecule has 0 spiro atoms. The first-order valence-electron chi connectivity index (χ1n) is 8.82. The molecular weight excluding hydrogens is 362 g/mol.